The average Bonchev–Trinajstić information content (AvgIpc) is 3.67. The second-order valence-electron chi connectivity index (χ2n) is 15.2. The Morgan fingerprint density at radius 2 is 1.39 bits per heavy atom. The number of hydrogen-bond acceptors (Lipinski definition) is 11. The molecule has 0 amide bonds. The van der Waals surface area contributed by atoms with Crippen molar-refractivity contribution in [2.24, 2.45) is 0 Å². The first-order valence-electron chi connectivity index (χ1n) is 20.3. The molecule has 0 N–H and O–H groups in total. The van der Waals surface area contributed by atoms with Gasteiger partial charge in [-0.1, -0.05) is 72.8 Å². The number of nitrogens with zero attached hydrogens (tertiary/aromatic N) is 4. The van der Waals surface area contributed by atoms with Gasteiger partial charge in [0.05, 0.1) is 46.0 Å². The van der Waals surface area contributed by atoms with Gasteiger partial charge in [-0.2, -0.15) is 9.83 Å². The summed E-state index contributed by atoms with van der Waals surface area (Å²) in [5, 5.41) is 9.40. The van der Waals surface area contributed by atoms with Crippen LogP contribution < -0.4 is 20.7 Å². The van der Waals surface area contributed by atoms with Gasteiger partial charge in [-0.25, -0.2) is 9.46 Å². The normalized spacial score (nSPS) is 17.1. The largest absolute Gasteiger partial charge is 0.497 e. The van der Waals surface area contributed by atoms with Crippen molar-refractivity contribution in [2.45, 2.75) is 83.6 Å². The van der Waals surface area contributed by atoms with Gasteiger partial charge in [0.25, 0.3) is 20.0 Å². The summed E-state index contributed by atoms with van der Waals surface area (Å²) in [5.41, 5.74) is 0.0594. The second kappa shape index (κ2) is 20.4. The van der Waals surface area contributed by atoms with E-state index in [1.807, 2.05) is 107 Å². The van der Waals surface area contributed by atoms with E-state index < -0.39 is 49.7 Å². The number of methoxy groups -OCH3 is 2. The zero-order chi connectivity index (χ0) is 43.7. The number of benzene rings is 4. The topological polar surface area (TPSA) is 143 Å². The van der Waals surface area contributed by atoms with E-state index in [1.54, 1.807) is 51.5 Å². The predicted molar refractivity (Wildman–Crippen MR) is 233 cm³/mol. The van der Waals surface area contributed by atoms with Gasteiger partial charge < -0.3 is 28.0 Å². The third-order valence-corrected chi connectivity index (χ3v) is 12.7. The highest BCUT2D eigenvalue weighted by molar-refractivity contribution is 7.44. The Morgan fingerprint density at radius 3 is 1.92 bits per heavy atom. The quantitative estimate of drug-likeness (QED) is 0.0481. The molecule has 1 saturated heterocycles. The van der Waals surface area contributed by atoms with E-state index >= 15 is 0 Å². The molecule has 13 nitrogen and oxygen atoms in total. The van der Waals surface area contributed by atoms with Gasteiger partial charge in [0.1, 0.15) is 29.4 Å². The van der Waals surface area contributed by atoms with Crippen molar-refractivity contribution in [3.05, 3.63) is 164 Å². The van der Waals surface area contributed by atoms with E-state index in [-0.39, 0.29) is 49.3 Å². The fourth-order valence-electron chi connectivity index (χ4n) is 7.62. The molecule has 0 saturated carbocycles. The van der Waals surface area contributed by atoms with Crippen LogP contribution in [-0.4, -0.2) is 71.4 Å². The van der Waals surface area contributed by atoms with Gasteiger partial charge in [-0.15, -0.1) is 0 Å². The summed E-state index contributed by atoms with van der Waals surface area (Å²) in [6, 6.07) is 35.6. The number of aryl methyl sites for hydroxylation is 1. The van der Waals surface area contributed by atoms with Crippen molar-refractivity contribution < 1.29 is 32.8 Å². The predicted octanol–water partition coefficient (Wildman–Crippen LogP) is 7.98. The molecule has 0 spiro atoms. The summed E-state index contributed by atoms with van der Waals surface area (Å²) in [6.45, 7) is 9.85. The molecule has 61 heavy (non-hydrogen) atoms. The van der Waals surface area contributed by atoms with Gasteiger partial charge in [0.2, 0.25) is 0 Å². The van der Waals surface area contributed by atoms with E-state index in [2.05, 4.69) is 10.7 Å². The summed E-state index contributed by atoms with van der Waals surface area (Å²) < 4.78 is 42.5. The van der Waals surface area contributed by atoms with Crippen LogP contribution in [0.4, 0.5) is 0 Å². The van der Waals surface area contributed by atoms with Crippen molar-refractivity contribution in [3.8, 4) is 17.6 Å². The summed E-state index contributed by atoms with van der Waals surface area (Å²) >= 11 is 0. The van der Waals surface area contributed by atoms with Crippen molar-refractivity contribution in [1.82, 2.24) is 13.8 Å². The molecular weight excluding hydrogens is 796 g/mol. The fraction of sp³-hybridized carbons (Fsp3) is 0.362. The maximum Gasteiger partial charge on any atom is 0.340 e. The molecule has 4 aromatic carbocycles. The van der Waals surface area contributed by atoms with Crippen LogP contribution in [0.15, 0.2) is 125 Å². The third kappa shape index (κ3) is 9.87. The van der Waals surface area contributed by atoms with Crippen molar-refractivity contribution in [1.29, 1.82) is 5.26 Å². The van der Waals surface area contributed by atoms with Gasteiger partial charge >= 0.3 is 5.69 Å². The first-order chi connectivity index (χ1) is 29.4. The zero-order valence-corrected chi connectivity index (χ0v) is 36.5. The van der Waals surface area contributed by atoms with Crippen LogP contribution in [0.5, 0.6) is 11.5 Å². The van der Waals surface area contributed by atoms with Crippen LogP contribution in [0.3, 0.4) is 0 Å². The highest BCUT2D eigenvalue weighted by atomic mass is 31.2. The van der Waals surface area contributed by atoms with Crippen LogP contribution in [0.2, 0.25) is 0 Å². The lowest BCUT2D eigenvalue weighted by molar-refractivity contribution is -0.0927. The summed E-state index contributed by atoms with van der Waals surface area (Å²) in [4.78, 5) is 41.5. The standard InChI is InChI=1S/C47H53N4O9P/c1-32(2)51(33(3)4)61(58-28-14-27-48)60-41-29-43(49-30-34(5)44(52)50(46(49)54)45(53)35-15-10-8-11-16-35)59-42(41)31-57-47(36-17-12-9-13-18-36,37-19-23-39(55-6)24-20-37)38-21-25-40(56-7)26-22-38/h8-13,15-26,30,32-33,41-43H,14,28-29,31H2,1-7H3/t41-,42+,43+,61?/m0/s1. The van der Waals surface area contributed by atoms with Crippen molar-refractivity contribution >= 4 is 14.4 Å². The minimum absolute atomic E-state index is 0.00899. The molecule has 1 aromatic heterocycles. The lowest BCUT2D eigenvalue weighted by atomic mass is 9.80. The lowest BCUT2D eigenvalue weighted by Crippen LogP contribution is -2.45. The van der Waals surface area contributed by atoms with E-state index in [0.717, 1.165) is 16.7 Å². The number of carbonyl (C=O) groups is 1. The number of aromatic nitrogens is 2. The van der Waals surface area contributed by atoms with E-state index in [0.29, 0.717) is 16.1 Å². The Kier molecular flexibility index (Phi) is 15.1. The Hall–Kier alpha value is -5.45. The molecule has 1 fully saturated rings. The van der Waals surface area contributed by atoms with Crippen molar-refractivity contribution in [2.75, 3.05) is 27.4 Å². The summed E-state index contributed by atoms with van der Waals surface area (Å²) in [7, 11) is 1.46. The van der Waals surface area contributed by atoms with Crippen LogP contribution >= 0.6 is 8.53 Å². The van der Waals surface area contributed by atoms with Crippen LogP contribution in [-0.2, 0) is 24.1 Å². The zero-order valence-electron chi connectivity index (χ0n) is 35.6. The summed E-state index contributed by atoms with van der Waals surface area (Å²) in [6.07, 6.45) is -0.788. The maximum atomic E-state index is 14.3. The molecule has 4 atom stereocenters. The summed E-state index contributed by atoms with van der Waals surface area (Å²) in [5.74, 6) is 0.603. The van der Waals surface area contributed by atoms with E-state index in [1.165, 1.54) is 10.8 Å². The monoisotopic (exact) mass is 848 g/mol. The Morgan fingerprint density at radius 1 is 0.852 bits per heavy atom. The molecule has 14 heteroatoms. The molecule has 5 aromatic rings. The van der Waals surface area contributed by atoms with Crippen LogP contribution in [0.1, 0.15) is 79.4 Å². The first kappa shape index (κ1) is 45.1. The molecule has 2 heterocycles. The first-order valence-corrected chi connectivity index (χ1v) is 21.4. The molecule has 0 radical (unpaired) electrons. The van der Waals surface area contributed by atoms with E-state index in [9.17, 15) is 19.6 Å². The van der Waals surface area contributed by atoms with Crippen molar-refractivity contribution in [3.63, 3.8) is 0 Å². The van der Waals surface area contributed by atoms with Crippen LogP contribution in [0.25, 0.3) is 0 Å². The smallest absolute Gasteiger partial charge is 0.340 e. The molecular formula is C47H53N4O9P. The third-order valence-electron chi connectivity index (χ3n) is 10.5. The Bertz CT molecular complexity index is 2330. The average molecular weight is 849 g/mol. The lowest BCUT2D eigenvalue weighted by Gasteiger charge is -2.39. The Labute approximate surface area is 357 Å². The molecule has 320 valence electrons. The fourth-order valence-corrected chi connectivity index (χ4v) is 9.37. The molecule has 1 aliphatic heterocycles. The molecule has 1 unspecified atom stereocenters. The number of carbonyl (C=O) groups excluding carboxylic acids is 1. The molecule has 0 bridgehead atoms. The maximum absolute atomic E-state index is 14.3. The van der Waals surface area contributed by atoms with Gasteiger partial charge in [0, 0.05) is 35.8 Å². The highest BCUT2D eigenvalue weighted by Crippen LogP contribution is 2.50. The van der Waals surface area contributed by atoms with Gasteiger partial charge in [-0.3, -0.25) is 14.2 Å². The number of rotatable bonds is 18. The minimum Gasteiger partial charge on any atom is -0.497 e. The minimum atomic E-state index is -1.77. The Balaban J connectivity index is 1.47. The van der Waals surface area contributed by atoms with Gasteiger partial charge in [-0.05, 0) is 87.7 Å². The molecule has 6 rings (SSSR count). The van der Waals surface area contributed by atoms with E-state index in [4.69, 9.17) is 28.0 Å². The second-order valence-corrected chi connectivity index (χ2v) is 16.6. The highest BCUT2D eigenvalue weighted by Gasteiger charge is 2.45. The number of nitriles is 1. The van der Waals surface area contributed by atoms with Gasteiger partial charge in [0.15, 0.2) is 0 Å². The number of hydrogen-bond donors (Lipinski definition) is 0. The molecule has 1 aliphatic rings. The van der Waals surface area contributed by atoms with Crippen LogP contribution in [0, 0.1) is 18.3 Å². The number of ether oxygens (including phenoxy) is 4. The SMILES string of the molecule is COc1ccc(C(OC[C@H]2O[C@@H](n3cc(C)c(=O)n(C(=O)c4ccccc4)c3=O)C[C@@H]2OP(OCCC#N)N(C(C)C)C(C)C)(c2ccccc2)c2ccc(OC)cc2)cc1. The molecule has 0 aliphatic carbocycles.